The van der Waals surface area contributed by atoms with Crippen LogP contribution in [0.25, 0.3) is 11.0 Å². The fraction of sp³-hybridized carbons (Fsp3) is 0.455. The predicted molar refractivity (Wildman–Crippen MR) is 112 cm³/mol. The van der Waals surface area contributed by atoms with Crippen LogP contribution in [-0.4, -0.2) is 50.2 Å². The second-order valence-electron chi connectivity index (χ2n) is 8.16. The van der Waals surface area contributed by atoms with Gasteiger partial charge in [0.25, 0.3) is 0 Å². The molecule has 2 aromatic heterocycles. The Hall–Kier alpha value is -2.96. The Bertz CT molecular complexity index is 1070. The molecule has 1 fully saturated rings. The molecule has 5 rings (SSSR count). The first-order valence-electron chi connectivity index (χ1n) is 10.4. The van der Waals surface area contributed by atoms with Crippen LogP contribution < -0.4 is 4.90 Å². The number of rotatable bonds is 2. The molecule has 2 aliphatic rings. The van der Waals surface area contributed by atoms with Crippen LogP contribution in [0.2, 0.25) is 0 Å². The number of amides is 1. The third-order valence-corrected chi connectivity index (χ3v) is 6.20. The highest BCUT2D eigenvalue weighted by Crippen LogP contribution is 2.29. The number of benzene rings is 1. The minimum atomic E-state index is 0.0102. The van der Waals surface area contributed by atoms with Gasteiger partial charge in [0, 0.05) is 33.2 Å². The lowest BCUT2D eigenvalue weighted by atomic mass is 9.94. The van der Waals surface area contributed by atoms with Crippen molar-refractivity contribution < 1.29 is 4.79 Å². The smallest absolute Gasteiger partial charge is 0.227 e. The van der Waals surface area contributed by atoms with Gasteiger partial charge < -0.3 is 9.80 Å². The van der Waals surface area contributed by atoms with Gasteiger partial charge in [-0.05, 0) is 37.3 Å². The van der Waals surface area contributed by atoms with Crippen molar-refractivity contribution in [3.05, 3.63) is 47.4 Å². The van der Waals surface area contributed by atoms with Crippen molar-refractivity contribution in [3.63, 3.8) is 0 Å². The Morgan fingerprint density at radius 2 is 1.97 bits per heavy atom. The number of carbonyl (C=O) groups excluding carboxylic acids is 1. The van der Waals surface area contributed by atoms with Crippen LogP contribution in [0.15, 0.2) is 30.5 Å². The van der Waals surface area contributed by atoms with Crippen LogP contribution in [0.4, 0.5) is 5.82 Å². The summed E-state index contributed by atoms with van der Waals surface area (Å²) < 4.78 is 1.78. The van der Waals surface area contributed by atoms with Gasteiger partial charge in [-0.1, -0.05) is 24.3 Å². The second kappa shape index (κ2) is 7.13. The lowest BCUT2D eigenvalue weighted by Gasteiger charge is -2.37. The molecule has 0 aliphatic carbocycles. The second-order valence-corrected chi connectivity index (χ2v) is 8.16. The highest BCUT2D eigenvalue weighted by atomic mass is 16.2. The largest absolute Gasteiger partial charge is 0.355 e. The average Bonchev–Trinajstić information content (AvgIpc) is 3.13. The van der Waals surface area contributed by atoms with Gasteiger partial charge in [0.15, 0.2) is 5.65 Å². The predicted octanol–water partition coefficient (Wildman–Crippen LogP) is 2.47. The summed E-state index contributed by atoms with van der Waals surface area (Å²) in [6.45, 7) is 5.06. The topological polar surface area (TPSA) is 67.2 Å². The zero-order valence-corrected chi connectivity index (χ0v) is 17.0. The molecule has 4 heterocycles. The number of hydrogen-bond acceptors (Lipinski definition) is 5. The van der Waals surface area contributed by atoms with E-state index in [0.29, 0.717) is 6.54 Å². The minimum absolute atomic E-state index is 0.0102. The van der Waals surface area contributed by atoms with E-state index in [-0.39, 0.29) is 11.8 Å². The van der Waals surface area contributed by atoms with Gasteiger partial charge in [-0.15, -0.1) is 0 Å². The zero-order chi connectivity index (χ0) is 20.0. The number of carbonyl (C=O) groups is 1. The maximum atomic E-state index is 13.3. The summed E-state index contributed by atoms with van der Waals surface area (Å²) in [5.74, 6) is 1.92. The molecule has 0 radical (unpaired) electrons. The highest BCUT2D eigenvalue weighted by molar-refractivity contribution is 5.87. The van der Waals surface area contributed by atoms with Crippen LogP contribution in [0.1, 0.15) is 29.8 Å². The third kappa shape index (κ3) is 3.24. The lowest BCUT2D eigenvalue weighted by Crippen LogP contribution is -2.46. The van der Waals surface area contributed by atoms with Crippen LogP contribution in [0.5, 0.6) is 0 Å². The fourth-order valence-electron chi connectivity index (χ4n) is 4.67. The molecule has 29 heavy (non-hydrogen) atoms. The van der Waals surface area contributed by atoms with Gasteiger partial charge in [0.2, 0.25) is 5.91 Å². The van der Waals surface area contributed by atoms with E-state index in [1.165, 1.54) is 11.1 Å². The number of nitrogens with zero attached hydrogens (tertiary/aromatic N) is 6. The number of fused-ring (bicyclic) bond motifs is 2. The fourth-order valence-corrected chi connectivity index (χ4v) is 4.67. The Morgan fingerprint density at radius 3 is 2.83 bits per heavy atom. The maximum absolute atomic E-state index is 13.3. The summed E-state index contributed by atoms with van der Waals surface area (Å²) in [7, 11) is 1.90. The van der Waals surface area contributed by atoms with Gasteiger partial charge in [-0.2, -0.15) is 5.10 Å². The quantitative estimate of drug-likeness (QED) is 0.673. The molecule has 2 aliphatic heterocycles. The molecule has 7 heteroatoms. The SMILES string of the molecule is Cc1nc(N2CCCC(C(=O)N3CCc4ccccc4C3)C2)c2cnn(C)c2n1. The summed E-state index contributed by atoms with van der Waals surface area (Å²) in [6, 6.07) is 8.46. The van der Waals surface area contributed by atoms with Crippen molar-refractivity contribution in [3.8, 4) is 0 Å². The van der Waals surface area contributed by atoms with E-state index >= 15 is 0 Å². The van der Waals surface area contributed by atoms with E-state index in [0.717, 1.165) is 61.6 Å². The van der Waals surface area contributed by atoms with Crippen molar-refractivity contribution in [1.82, 2.24) is 24.6 Å². The van der Waals surface area contributed by atoms with E-state index in [2.05, 4.69) is 39.2 Å². The molecular formula is C22H26N6O. The Morgan fingerprint density at radius 1 is 1.14 bits per heavy atom. The molecule has 1 atom stereocenters. The summed E-state index contributed by atoms with van der Waals surface area (Å²) in [5, 5.41) is 5.31. The van der Waals surface area contributed by atoms with Crippen molar-refractivity contribution in [2.75, 3.05) is 24.5 Å². The van der Waals surface area contributed by atoms with Crippen molar-refractivity contribution >= 4 is 22.8 Å². The molecule has 1 aromatic carbocycles. The molecule has 1 unspecified atom stereocenters. The average molecular weight is 390 g/mol. The Labute approximate surface area is 170 Å². The summed E-state index contributed by atoms with van der Waals surface area (Å²) in [5.41, 5.74) is 3.49. The van der Waals surface area contributed by atoms with E-state index in [1.54, 1.807) is 4.68 Å². The molecule has 0 saturated carbocycles. The minimum Gasteiger partial charge on any atom is -0.355 e. The summed E-state index contributed by atoms with van der Waals surface area (Å²) in [4.78, 5) is 26.9. The molecule has 150 valence electrons. The molecular weight excluding hydrogens is 364 g/mol. The number of aryl methyl sites for hydroxylation is 2. The Kier molecular flexibility index (Phi) is 4.45. The van der Waals surface area contributed by atoms with Gasteiger partial charge in [0.1, 0.15) is 11.6 Å². The standard InChI is InChI=1S/C22H26N6O/c1-15-24-20-19(12-23-26(20)2)21(25-15)27-10-5-8-18(14-27)22(29)28-11-9-16-6-3-4-7-17(16)13-28/h3-4,6-7,12,18H,5,8-11,13-14H2,1-2H3. The van der Waals surface area contributed by atoms with Gasteiger partial charge in [-0.3, -0.25) is 9.48 Å². The molecule has 0 bridgehead atoms. The molecule has 0 spiro atoms. The van der Waals surface area contributed by atoms with Crippen molar-refractivity contribution in [2.24, 2.45) is 13.0 Å². The third-order valence-electron chi connectivity index (χ3n) is 6.20. The molecule has 1 amide bonds. The number of anilines is 1. The van der Waals surface area contributed by atoms with E-state index in [9.17, 15) is 4.79 Å². The normalized spacial score (nSPS) is 19.4. The van der Waals surface area contributed by atoms with Crippen molar-refractivity contribution in [2.45, 2.75) is 32.7 Å². The molecule has 3 aromatic rings. The van der Waals surface area contributed by atoms with E-state index in [1.807, 2.05) is 25.1 Å². The summed E-state index contributed by atoms with van der Waals surface area (Å²) >= 11 is 0. The van der Waals surface area contributed by atoms with Crippen LogP contribution in [0.3, 0.4) is 0 Å². The monoisotopic (exact) mass is 390 g/mol. The van der Waals surface area contributed by atoms with Crippen LogP contribution in [0, 0.1) is 12.8 Å². The highest BCUT2D eigenvalue weighted by Gasteiger charge is 2.32. The molecule has 7 nitrogen and oxygen atoms in total. The maximum Gasteiger partial charge on any atom is 0.227 e. The zero-order valence-electron chi connectivity index (χ0n) is 17.0. The number of hydrogen-bond donors (Lipinski definition) is 0. The van der Waals surface area contributed by atoms with Crippen LogP contribution >= 0.6 is 0 Å². The first-order chi connectivity index (χ1) is 14.1. The van der Waals surface area contributed by atoms with E-state index < -0.39 is 0 Å². The number of piperidine rings is 1. The van der Waals surface area contributed by atoms with Crippen molar-refractivity contribution in [1.29, 1.82) is 0 Å². The lowest BCUT2D eigenvalue weighted by molar-refractivity contribution is -0.136. The Balaban J connectivity index is 1.37. The molecule has 0 N–H and O–H groups in total. The van der Waals surface area contributed by atoms with Gasteiger partial charge >= 0.3 is 0 Å². The molecule has 1 saturated heterocycles. The van der Waals surface area contributed by atoms with Crippen LogP contribution in [-0.2, 0) is 24.8 Å². The van der Waals surface area contributed by atoms with E-state index in [4.69, 9.17) is 4.98 Å². The van der Waals surface area contributed by atoms with Gasteiger partial charge in [0.05, 0.1) is 17.5 Å². The number of aromatic nitrogens is 4. The van der Waals surface area contributed by atoms with Gasteiger partial charge in [-0.25, -0.2) is 9.97 Å². The first-order valence-corrected chi connectivity index (χ1v) is 10.4. The summed E-state index contributed by atoms with van der Waals surface area (Å²) in [6.07, 6.45) is 4.70. The first kappa shape index (κ1) is 18.1.